The summed E-state index contributed by atoms with van der Waals surface area (Å²) in [6.07, 6.45) is 0. The van der Waals surface area contributed by atoms with Crippen LogP contribution in [0.3, 0.4) is 0 Å². The number of hydrogen-bond donors (Lipinski definition) is 1. The number of hydrogen-bond acceptors (Lipinski definition) is 2. The molecule has 0 saturated heterocycles. The van der Waals surface area contributed by atoms with Gasteiger partial charge in [-0.3, -0.25) is 0 Å². The van der Waals surface area contributed by atoms with Gasteiger partial charge in [0, 0.05) is 10.9 Å². The third-order valence-electron chi connectivity index (χ3n) is 5.20. The van der Waals surface area contributed by atoms with E-state index in [2.05, 4.69) is 10.4 Å². The van der Waals surface area contributed by atoms with Crippen LogP contribution in [0.15, 0.2) is 84.0 Å². The van der Waals surface area contributed by atoms with Crippen molar-refractivity contribution in [2.24, 2.45) is 5.10 Å². The average molecular weight is 422 g/mol. The lowest BCUT2D eigenvalue weighted by Gasteiger charge is -2.19. The Bertz CT molecular complexity index is 1050. The Labute approximate surface area is 180 Å². The summed E-state index contributed by atoms with van der Waals surface area (Å²) < 4.78 is 13.4. The first-order valence-corrected chi connectivity index (χ1v) is 10.1. The van der Waals surface area contributed by atoms with Crippen molar-refractivity contribution in [1.82, 2.24) is 10.3 Å². The number of urea groups is 1. The summed E-state index contributed by atoms with van der Waals surface area (Å²) in [6.45, 7) is 2.31. The van der Waals surface area contributed by atoms with Crippen LogP contribution in [0.2, 0.25) is 5.02 Å². The number of carbonyl (C=O) groups is 1. The molecule has 6 heteroatoms. The largest absolute Gasteiger partial charge is 0.338 e. The second-order valence-electron chi connectivity index (χ2n) is 7.26. The van der Waals surface area contributed by atoms with Crippen molar-refractivity contribution in [3.63, 3.8) is 0 Å². The summed E-state index contributed by atoms with van der Waals surface area (Å²) in [5.74, 6) is -0.461. The predicted octanol–water partition coefficient (Wildman–Crippen LogP) is 5.75. The minimum Gasteiger partial charge on any atom is -0.330 e. The summed E-state index contributed by atoms with van der Waals surface area (Å²) >= 11 is 6.03. The minimum atomic E-state index is -0.298. The smallest absolute Gasteiger partial charge is 0.330 e. The van der Waals surface area contributed by atoms with Crippen LogP contribution in [0.25, 0.3) is 0 Å². The highest BCUT2D eigenvalue weighted by atomic mass is 35.5. The van der Waals surface area contributed by atoms with Crippen LogP contribution in [-0.4, -0.2) is 23.3 Å². The van der Waals surface area contributed by atoms with Gasteiger partial charge in [-0.1, -0.05) is 66.2 Å². The molecule has 3 aromatic carbocycles. The van der Waals surface area contributed by atoms with Crippen molar-refractivity contribution < 1.29 is 9.18 Å². The maximum atomic E-state index is 13.4. The van der Waals surface area contributed by atoms with Gasteiger partial charge < -0.3 is 5.32 Å². The van der Waals surface area contributed by atoms with E-state index < -0.39 is 0 Å². The van der Waals surface area contributed by atoms with E-state index in [0.717, 1.165) is 22.4 Å². The van der Waals surface area contributed by atoms with Gasteiger partial charge in [0.2, 0.25) is 0 Å². The van der Waals surface area contributed by atoms with E-state index in [1.54, 1.807) is 24.3 Å². The van der Waals surface area contributed by atoms with Crippen LogP contribution in [0.1, 0.15) is 35.6 Å². The van der Waals surface area contributed by atoms with E-state index in [1.807, 2.05) is 49.4 Å². The van der Waals surface area contributed by atoms with Crippen molar-refractivity contribution in [2.45, 2.75) is 18.9 Å². The molecule has 0 spiro atoms. The fraction of sp³-hybridized carbons (Fsp3) is 0.167. The number of benzene rings is 3. The molecule has 0 fully saturated rings. The Morgan fingerprint density at radius 1 is 1.07 bits per heavy atom. The van der Waals surface area contributed by atoms with E-state index >= 15 is 0 Å². The van der Waals surface area contributed by atoms with E-state index in [0.29, 0.717) is 11.6 Å². The first-order valence-electron chi connectivity index (χ1n) is 9.74. The Balaban J connectivity index is 1.60. The summed E-state index contributed by atoms with van der Waals surface area (Å²) in [7, 11) is 0. The number of rotatable bonds is 4. The number of amides is 2. The Morgan fingerprint density at radius 2 is 1.73 bits per heavy atom. The number of carbonyl (C=O) groups excluding carboxylic acids is 1. The first kappa shape index (κ1) is 20.1. The highest BCUT2D eigenvalue weighted by Crippen LogP contribution is 2.30. The molecule has 1 N–H and O–H groups in total. The SMILES string of the molecule is C[C@@H](NC(=O)N1C[C@@H](c2ccc(F)cc2)C(c2ccc(Cl)cc2)=N1)c1ccccc1. The fourth-order valence-corrected chi connectivity index (χ4v) is 3.68. The van der Waals surface area contributed by atoms with Gasteiger partial charge in [0.15, 0.2) is 0 Å². The number of nitrogens with zero attached hydrogens (tertiary/aromatic N) is 2. The number of nitrogens with one attached hydrogen (secondary N) is 1. The summed E-state index contributed by atoms with van der Waals surface area (Å²) in [6, 6.07) is 23.0. The average Bonchev–Trinajstić information content (AvgIpc) is 3.21. The van der Waals surface area contributed by atoms with Crippen molar-refractivity contribution in [3.8, 4) is 0 Å². The van der Waals surface area contributed by atoms with Crippen molar-refractivity contribution in [2.75, 3.05) is 6.54 Å². The first-order chi connectivity index (χ1) is 14.5. The van der Waals surface area contributed by atoms with E-state index in [9.17, 15) is 9.18 Å². The highest BCUT2D eigenvalue weighted by molar-refractivity contribution is 6.30. The second-order valence-corrected chi connectivity index (χ2v) is 7.70. The van der Waals surface area contributed by atoms with Gasteiger partial charge in [-0.2, -0.15) is 5.10 Å². The van der Waals surface area contributed by atoms with Crippen LogP contribution in [0.4, 0.5) is 9.18 Å². The topological polar surface area (TPSA) is 44.7 Å². The molecular weight excluding hydrogens is 401 g/mol. The van der Waals surface area contributed by atoms with Gasteiger partial charge in [0.25, 0.3) is 0 Å². The Morgan fingerprint density at radius 3 is 2.40 bits per heavy atom. The third-order valence-corrected chi connectivity index (χ3v) is 5.45. The third kappa shape index (κ3) is 4.36. The van der Waals surface area contributed by atoms with Gasteiger partial charge in [0.05, 0.1) is 18.3 Å². The standard InChI is InChI=1S/C24H21ClFN3O/c1-16(17-5-3-2-4-6-17)27-24(30)29-15-22(18-9-13-21(26)14-10-18)23(28-29)19-7-11-20(25)12-8-19/h2-14,16,22H,15H2,1H3,(H,27,30)/t16-,22+/m1/s1. The zero-order chi connectivity index (χ0) is 21.1. The molecule has 3 aromatic rings. The summed E-state index contributed by atoms with van der Waals surface area (Å²) in [5, 5.41) is 9.68. The molecule has 1 heterocycles. The number of hydrazone groups is 1. The second kappa shape index (κ2) is 8.67. The van der Waals surface area contributed by atoms with E-state index in [1.165, 1.54) is 17.1 Å². The molecule has 2 amide bonds. The van der Waals surface area contributed by atoms with E-state index in [-0.39, 0.29) is 23.8 Å². The van der Waals surface area contributed by atoms with Gasteiger partial charge in [-0.25, -0.2) is 14.2 Å². The Hall–Kier alpha value is -3.18. The molecule has 30 heavy (non-hydrogen) atoms. The lowest BCUT2D eigenvalue weighted by Crippen LogP contribution is -2.37. The molecule has 0 aromatic heterocycles. The monoisotopic (exact) mass is 421 g/mol. The van der Waals surface area contributed by atoms with Crippen LogP contribution in [0.5, 0.6) is 0 Å². The fourth-order valence-electron chi connectivity index (χ4n) is 3.55. The highest BCUT2D eigenvalue weighted by Gasteiger charge is 2.32. The van der Waals surface area contributed by atoms with Crippen LogP contribution < -0.4 is 5.32 Å². The Kier molecular flexibility index (Phi) is 5.81. The molecule has 0 aliphatic carbocycles. The van der Waals surface area contributed by atoms with Crippen molar-refractivity contribution in [3.05, 3.63) is 106 Å². The van der Waals surface area contributed by atoms with Crippen LogP contribution in [0, 0.1) is 5.82 Å². The minimum absolute atomic E-state index is 0.155. The normalized spacial score (nSPS) is 16.8. The zero-order valence-corrected chi connectivity index (χ0v) is 17.2. The molecule has 2 atom stereocenters. The molecular formula is C24H21ClFN3O. The maximum absolute atomic E-state index is 13.4. The quantitative estimate of drug-likeness (QED) is 0.572. The molecule has 152 valence electrons. The van der Waals surface area contributed by atoms with Crippen molar-refractivity contribution >= 4 is 23.3 Å². The summed E-state index contributed by atoms with van der Waals surface area (Å²) in [5.41, 5.74) is 3.54. The molecule has 0 unspecified atom stereocenters. The maximum Gasteiger partial charge on any atom is 0.338 e. The molecule has 0 bridgehead atoms. The van der Waals surface area contributed by atoms with Crippen LogP contribution >= 0.6 is 11.6 Å². The summed E-state index contributed by atoms with van der Waals surface area (Å²) in [4.78, 5) is 12.9. The zero-order valence-electron chi connectivity index (χ0n) is 16.4. The predicted molar refractivity (Wildman–Crippen MR) is 117 cm³/mol. The van der Waals surface area contributed by atoms with Gasteiger partial charge in [-0.05, 0) is 47.9 Å². The van der Waals surface area contributed by atoms with Crippen molar-refractivity contribution in [1.29, 1.82) is 0 Å². The van der Waals surface area contributed by atoms with Gasteiger partial charge in [-0.15, -0.1) is 0 Å². The molecule has 1 aliphatic heterocycles. The van der Waals surface area contributed by atoms with Gasteiger partial charge >= 0.3 is 6.03 Å². The van der Waals surface area contributed by atoms with E-state index in [4.69, 9.17) is 11.6 Å². The van der Waals surface area contributed by atoms with Crippen LogP contribution in [-0.2, 0) is 0 Å². The molecule has 0 radical (unpaired) electrons. The van der Waals surface area contributed by atoms with Gasteiger partial charge in [0.1, 0.15) is 5.82 Å². The molecule has 4 nitrogen and oxygen atoms in total. The molecule has 1 aliphatic rings. The molecule has 0 saturated carbocycles. The molecule has 4 rings (SSSR count). The lowest BCUT2D eigenvalue weighted by molar-refractivity contribution is 0.200. The lowest BCUT2D eigenvalue weighted by atomic mass is 9.90. The number of halogens is 2.